The molecule has 0 saturated heterocycles. The summed E-state index contributed by atoms with van der Waals surface area (Å²) < 4.78 is 18.3. The molecule has 0 bridgehead atoms. The molecule has 2 aromatic carbocycles. The van der Waals surface area contributed by atoms with E-state index in [4.69, 9.17) is 25.4 Å². The number of benzene rings is 2. The third-order valence-electron chi connectivity index (χ3n) is 6.23. The Morgan fingerprint density at radius 1 is 1.19 bits per heavy atom. The van der Waals surface area contributed by atoms with Gasteiger partial charge < -0.3 is 35.2 Å². The average Bonchev–Trinajstić information content (AvgIpc) is 3.34. The molecule has 0 radical (unpaired) electrons. The van der Waals surface area contributed by atoms with Crippen LogP contribution in [0.15, 0.2) is 54.9 Å². The van der Waals surface area contributed by atoms with Crippen LogP contribution in [0.2, 0.25) is 0 Å². The number of methoxy groups -OCH3 is 2. The molecule has 0 amide bonds. The fourth-order valence-corrected chi connectivity index (χ4v) is 4.19. The Kier molecular flexibility index (Phi) is 8.20. The van der Waals surface area contributed by atoms with E-state index in [1.54, 1.807) is 20.4 Å². The van der Waals surface area contributed by atoms with Gasteiger partial charge in [-0.1, -0.05) is 31.2 Å². The Morgan fingerprint density at radius 3 is 2.81 bits per heavy atom. The summed E-state index contributed by atoms with van der Waals surface area (Å²) in [5, 5.41) is 11.0. The number of anilines is 2. The zero-order valence-corrected chi connectivity index (χ0v) is 21.0. The van der Waals surface area contributed by atoms with Crippen LogP contribution in [0.1, 0.15) is 35.9 Å². The summed E-state index contributed by atoms with van der Waals surface area (Å²) in [4.78, 5) is 4.62. The van der Waals surface area contributed by atoms with Gasteiger partial charge in [-0.2, -0.15) is 0 Å². The maximum absolute atomic E-state index is 7.51. The molecule has 2 heterocycles. The summed E-state index contributed by atoms with van der Waals surface area (Å²) in [5.41, 5.74) is 12.5. The summed E-state index contributed by atoms with van der Waals surface area (Å²) in [6.07, 6.45) is 10.1. The highest BCUT2D eigenvalue weighted by molar-refractivity contribution is 5.88. The number of allylic oxidation sites excluding steroid dienone is 2. The summed E-state index contributed by atoms with van der Waals surface area (Å²) >= 11 is 0. The molecule has 0 fully saturated rings. The lowest BCUT2D eigenvalue weighted by molar-refractivity contribution is 0.0608. The zero-order chi connectivity index (χ0) is 25.5. The molecule has 36 heavy (non-hydrogen) atoms. The van der Waals surface area contributed by atoms with Crippen molar-refractivity contribution in [2.75, 3.05) is 38.5 Å². The SMILES string of the molecule is COCCOCc1ccc(N/C2=C\CC(C)/C(c3ccc(C=N)c(N)c3)=C\n3ccnc32)cc1OC. The van der Waals surface area contributed by atoms with Gasteiger partial charge in [0.15, 0.2) is 5.82 Å². The Labute approximate surface area is 211 Å². The molecular weight excluding hydrogens is 454 g/mol. The number of aromatic nitrogens is 2. The molecule has 4 rings (SSSR count). The minimum atomic E-state index is 0.240. The van der Waals surface area contributed by atoms with Crippen LogP contribution in [-0.2, 0) is 16.1 Å². The predicted octanol–water partition coefficient (Wildman–Crippen LogP) is 5.13. The van der Waals surface area contributed by atoms with Crippen LogP contribution in [0.4, 0.5) is 11.4 Å². The van der Waals surface area contributed by atoms with Crippen LogP contribution in [0, 0.1) is 11.3 Å². The fraction of sp³-hybridized carbons (Fsp3) is 0.286. The van der Waals surface area contributed by atoms with Crippen LogP contribution < -0.4 is 15.8 Å². The zero-order valence-electron chi connectivity index (χ0n) is 21.0. The number of rotatable bonds is 10. The number of fused-ring (bicyclic) bond motifs is 1. The topological polar surface area (TPSA) is 107 Å². The number of nitrogens with one attached hydrogen (secondary N) is 2. The van der Waals surface area contributed by atoms with E-state index in [0.717, 1.165) is 51.6 Å². The van der Waals surface area contributed by atoms with Crippen molar-refractivity contribution in [2.45, 2.75) is 20.0 Å². The quantitative estimate of drug-likeness (QED) is 0.208. The molecule has 1 aromatic heterocycles. The van der Waals surface area contributed by atoms with Crippen molar-refractivity contribution in [3.8, 4) is 5.75 Å². The van der Waals surface area contributed by atoms with Crippen LogP contribution in [0.25, 0.3) is 17.5 Å². The molecule has 4 N–H and O–H groups in total. The third kappa shape index (κ3) is 5.67. The van der Waals surface area contributed by atoms with Crippen LogP contribution in [-0.4, -0.2) is 43.2 Å². The van der Waals surface area contributed by atoms with E-state index < -0.39 is 0 Å². The number of nitrogens with two attached hydrogens (primary N) is 1. The van der Waals surface area contributed by atoms with Gasteiger partial charge in [-0.25, -0.2) is 4.98 Å². The average molecular weight is 488 g/mol. The lowest BCUT2D eigenvalue weighted by Gasteiger charge is -2.21. The number of ether oxygens (including phenoxy) is 3. The van der Waals surface area contributed by atoms with Gasteiger partial charge in [0.25, 0.3) is 0 Å². The first-order valence-corrected chi connectivity index (χ1v) is 11.9. The van der Waals surface area contributed by atoms with Crippen molar-refractivity contribution in [3.63, 3.8) is 0 Å². The van der Waals surface area contributed by atoms with Gasteiger partial charge in [0, 0.05) is 60.5 Å². The van der Waals surface area contributed by atoms with E-state index in [9.17, 15) is 0 Å². The van der Waals surface area contributed by atoms with E-state index in [0.29, 0.717) is 25.5 Å². The molecule has 0 spiro atoms. The normalized spacial score (nSPS) is 18.1. The number of nitrogens with zero attached hydrogens (tertiary/aromatic N) is 2. The van der Waals surface area contributed by atoms with Crippen molar-refractivity contribution in [1.29, 1.82) is 5.41 Å². The second-order valence-corrected chi connectivity index (χ2v) is 8.68. The summed E-state index contributed by atoms with van der Waals surface area (Å²) in [5.74, 6) is 1.81. The lowest BCUT2D eigenvalue weighted by atomic mass is 9.90. The smallest absolute Gasteiger partial charge is 0.160 e. The Balaban J connectivity index is 1.59. The maximum atomic E-state index is 7.51. The largest absolute Gasteiger partial charge is 0.496 e. The summed E-state index contributed by atoms with van der Waals surface area (Å²) in [6, 6.07) is 11.8. The molecule has 1 aliphatic rings. The molecular formula is C28H33N5O3. The maximum Gasteiger partial charge on any atom is 0.160 e. The molecule has 0 aliphatic carbocycles. The van der Waals surface area contributed by atoms with Crippen LogP contribution >= 0.6 is 0 Å². The first-order valence-electron chi connectivity index (χ1n) is 11.9. The highest BCUT2D eigenvalue weighted by Crippen LogP contribution is 2.33. The van der Waals surface area contributed by atoms with Gasteiger partial charge in [0.1, 0.15) is 5.75 Å². The summed E-state index contributed by atoms with van der Waals surface area (Å²) in [6.45, 7) is 3.74. The van der Waals surface area contributed by atoms with Gasteiger partial charge in [-0.05, 0) is 35.6 Å². The number of imidazole rings is 1. The van der Waals surface area contributed by atoms with E-state index in [1.807, 2.05) is 47.2 Å². The standard InChI is InChI=1S/C28H33N5O3/c1-19-4-9-26(32-23-8-7-22(27(15-23)35-3)18-36-13-12-34-2)28-31-10-11-33(28)17-24(19)20-5-6-21(16-29)25(30)14-20/h5-11,14-17,19,29,32H,4,12-13,18,30H2,1-3H3/b24-17+,26-9-,29-16?. The Morgan fingerprint density at radius 2 is 2.06 bits per heavy atom. The van der Waals surface area contributed by atoms with Crippen LogP contribution in [0.3, 0.4) is 0 Å². The lowest BCUT2D eigenvalue weighted by Crippen LogP contribution is -2.10. The van der Waals surface area contributed by atoms with E-state index in [1.165, 1.54) is 6.21 Å². The minimum absolute atomic E-state index is 0.240. The first-order chi connectivity index (χ1) is 17.5. The number of hydrogen-bond donors (Lipinski definition) is 3. The third-order valence-corrected chi connectivity index (χ3v) is 6.23. The first kappa shape index (κ1) is 25.2. The number of hydrogen-bond acceptors (Lipinski definition) is 7. The van der Waals surface area contributed by atoms with Crippen molar-refractivity contribution in [1.82, 2.24) is 9.55 Å². The molecule has 3 aromatic rings. The molecule has 0 saturated carbocycles. The van der Waals surface area contributed by atoms with E-state index in [2.05, 4.69) is 29.5 Å². The number of nitrogen functional groups attached to an aromatic ring is 1. The fourth-order valence-electron chi connectivity index (χ4n) is 4.19. The predicted molar refractivity (Wildman–Crippen MR) is 145 cm³/mol. The molecule has 188 valence electrons. The van der Waals surface area contributed by atoms with Gasteiger partial charge in [0.05, 0.1) is 32.6 Å². The second kappa shape index (κ2) is 11.7. The highest BCUT2D eigenvalue weighted by atomic mass is 16.5. The van der Waals surface area contributed by atoms with Crippen molar-refractivity contribution in [3.05, 3.63) is 77.4 Å². The van der Waals surface area contributed by atoms with Crippen molar-refractivity contribution >= 4 is 35.1 Å². The van der Waals surface area contributed by atoms with E-state index >= 15 is 0 Å². The second-order valence-electron chi connectivity index (χ2n) is 8.68. The van der Waals surface area contributed by atoms with Gasteiger partial charge >= 0.3 is 0 Å². The highest BCUT2D eigenvalue weighted by Gasteiger charge is 2.18. The summed E-state index contributed by atoms with van der Waals surface area (Å²) in [7, 11) is 3.32. The Bertz CT molecular complexity index is 1280. The van der Waals surface area contributed by atoms with Crippen molar-refractivity contribution in [2.24, 2.45) is 5.92 Å². The van der Waals surface area contributed by atoms with Gasteiger partial charge in [0.2, 0.25) is 0 Å². The van der Waals surface area contributed by atoms with Gasteiger partial charge in [-0.15, -0.1) is 0 Å². The molecule has 1 atom stereocenters. The molecule has 8 heteroatoms. The minimum Gasteiger partial charge on any atom is -0.496 e. The molecule has 1 aliphatic heterocycles. The molecule has 1 unspecified atom stereocenters. The monoisotopic (exact) mass is 487 g/mol. The van der Waals surface area contributed by atoms with Crippen molar-refractivity contribution < 1.29 is 14.2 Å². The molecule has 8 nitrogen and oxygen atoms in total. The Hall–Kier alpha value is -3.88. The van der Waals surface area contributed by atoms with E-state index in [-0.39, 0.29) is 5.92 Å². The van der Waals surface area contributed by atoms with Gasteiger partial charge in [-0.3, -0.25) is 0 Å². The van der Waals surface area contributed by atoms with Crippen LogP contribution in [0.5, 0.6) is 5.75 Å².